The number of aliphatic hydroxyl groups is 1. The maximum absolute atomic E-state index is 17.7. The van der Waals surface area contributed by atoms with Crippen LogP contribution in [0.3, 0.4) is 0 Å². The molecule has 1 saturated carbocycles. The molecule has 7 aliphatic rings. The summed E-state index contributed by atoms with van der Waals surface area (Å²) < 4.78 is 41.1. The first kappa shape index (κ1) is 54.4. The molecule has 8 heterocycles. The maximum Gasteiger partial charge on any atom is 0.411 e. The van der Waals surface area contributed by atoms with Crippen molar-refractivity contribution < 1.29 is 47.6 Å². The van der Waals surface area contributed by atoms with E-state index < -0.39 is 41.6 Å². The molecule has 426 valence electrons. The van der Waals surface area contributed by atoms with Crippen molar-refractivity contribution in [1.29, 1.82) is 0 Å². The van der Waals surface area contributed by atoms with Gasteiger partial charge in [-0.2, -0.15) is 9.97 Å². The van der Waals surface area contributed by atoms with Crippen LogP contribution in [0, 0.1) is 29.5 Å². The van der Waals surface area contributed by atoms with Crippen LogP contribution in [0.5, 0.6) is 11.8 Å². The summed E-state index contributed by atoms with van der Waals surface area (Å²) in [6.07, 6.45) is 12.7. The molecule has 2 bridgehead atoms. The van der Waals surface area contributed by atoms with Gasteiger partial charge < -0.3 is 43.7 Å². The van der Waals surface area contributed by atoms with E-state index in [1.807, 2.05) is 56.0 Å². The number of likely N-dealkylation sites (tertiary alicyclic amines) is 1. The van der Waals surface area contributed by atoms with Gasteiger partial charge in [0, 0.05) is 105 Å². The number of nitrogens with one attached hydrogen (secondary N) is 1. The highest BCUT2D eigenvalue weighted by Gasteiger charge is 2.51. The van der Waals surface area contributed by atoms with Gasteiger partial charge in [-0.15, -0.1) is 6.42 Å². The number of aromatic nitrogens is 3. The number of imide groups is 1. The van der Waals surface area contributed by atoms with Crippen molar-refractivity contribution in [3.05, 3.63) is 77.2 Å². The molecule has 0 spiro atoms. The molecule has 20 heteroatoms. The number of halogens is 1. The van der Waals surface area contributed by atoms with Crippen molar-refractivity contribution >= 4 is 57.0 Å². The van der Waals surface area contributed by atoms with Crippen LogP contribution in [-0.2, 0) is 25.6 Å². The monoisotopic (exact) mass is 1110 g/mol. The summed E-state index contributed by atoms with van der Waals surface area (Å²) in [6.45, 7) is 14.4. The quantitative estimate of drug-likeness (QED) is 0.0668. The predicted octanol–water partition coefficient (Wildman–Crippen LogP) is 6.35. The molecule has 2 N–H and O–H groups in total. The van der Waals surface area contributed by atoms with Gasteiger partial charge in [0.1, 0.15) is 34.4 Å². The van der Waals surface area contributed by atoms with E-state index in [-0.39, 0.29) is 60.3 Å². The third-order valence-corrected chi connectivity index (χ3v) is 17.6. The van der Waals surface area contributed by atoms with E-state index in [1.165, 1.54) is 7.11 Å². The molecular weight excluding hydrogens is 1040 g/mol. The Morgan fingerprint density at radius 3 is 2.47 bits per heavy atom. The highest BCUT2D eigenvalue weighted by Crippen LogP contribution is 2.48. The number of rotatable bonds is 15. The summed E-state index contributed by atoms with van der Waals surface area (Å²) in [5, 5.41) is 15.4. The van der Waals surface area contributed by atoms with Crippen molar-refractivity contribution in [1.82, 2.24) is 39.9 Å². The Hall–Kier alpha value is -7.18. The van der Waals surface area contributed by atoms with Gasteiger partial charge in [0.2, 0.25) is 11.8 Å². The largest absolute Gasteiger partial charge is 0.468 e. The molecule has 4 atom stereocenters. The Bertz CT molecular complexity index is 3330. The lowest BCUT2D eigenvalue weighted by molar-refractivity contribution is -0.136. The van der Waals surface area contributed by atoms with Gasteiger partial charge in [0.25, 0.3) is 5.91 Å². The van der Waals surface area contributed by atoms with Crippen molar-refractivity contribution in [2.75, 3.05) is 95.8 Å². The Balaban J connectivity index is 0.701. The normalized spacial score (nSPS) is 23.2. The number of ether oxygens (including phenoxy) is 4. The summed E-state index contributed by atoms with van der Waals surface area (Å²) in [7, 11) is 1.53. The third-order valence-electron chi connectivity index (χ3n) is 17.6. The van der Waals surface area contributed by atoms with Crippen LogP contribution in [0.1, 0.15) is 93.6 Å². The number of nitrogens with zero attached hydrogens (tertiary/aromatic N) is 9. The van der Waals surface area contributed by atoms with Gasteiger partial charge in [-0.3, -0.25) is 34.5 Å². The smallest absolute Gasteiger partial charge is 0.411 e. The fraction of sp³-hybridized carbons (Fsp3) is 0.525. The molecule has 5 aromatic rings. The topological polar surface area (TPSA) is 196 Å². The summed E-state index contributed by atoms with van der Waals surface area (Å²) in [4.78, 5) is 78.4. The Labute approximate surface area is 471 Å². The number of anilines is 2. The highest BCUT2D eigenvalue weighted by atomic mass is 19.1. The van der Waals surface area contributed by atoms with E-state index >= 15 is 4.39 Å². The Morgan fingerprint density at radius 2 is 1.74 bits per heavy atom. The molecular formula is C61H71FN10O9. The van der Waals surface area contributed by atoms with Crippen molar-refractivity contribution in [3.63, 3.8) is 0 Å². The van der Waals surface area contributed by atoms with Crippen LogP contribution in [0.15, 0.2) is 54.7 Å². The number of carbonyl (C=O) groups excluding carboxylic acids is 4. The summed E-state index contributed by atoms with van der Waals surface area (Å²) in [6, 6.07) is 13.5. The van der Waals surface area contributed by atoms with E-state index in [0.717, 1.165) is 101 Å². The van der Waals surface area contributed by atoms with Crippen molar-refractivity contribution in [2.24, 2.45) is 11.3 Å². The lowest BCUT2D eigenvalue weighted by atomic mass is 9.92. The molecule has 4 amide bonds. The molecule has 5 saturated heterocycles. The molecule has 6 aliphatic heterocycles. The van der Waals surface area contributed by atoms with Gasteiger partial charge in [-0.25, -0.2) is 9.18 Å². The van der Waals surface area contributed by atoms with E-state index in [0.29, 0.717) is 77.5 Å². The average molecular weight is 1110 g/mol. The second-order valence-electron chi connectivity index (χ2n) is 24.3. The number of amides is 4. The lowest BCUT2D eigenvalue weighted by Gasteiger charge is -2.42. The number of piperidine rings is 2. The second kappa shape index (κ2) is 21.9. The average Bonchev–Trinajstić information content (AvgIpc) is 4.19. The fourth-order valence-electron chi connectivity index (χ4n) is 13.1. The minimum Gasteiger partial charge on any atom is -0.468 e. The van der Waals surface area contributed by atoms with Gasteiger partial charge in [-0.1, -0.05) is 18.1 Å². The maximum atomic E-state index is 17.7. The molecule has 0 radical (unpaired) electrons. The molecule has 19 nitrogen and oxygen atoms in total. The second-order valence-corrected chi connectivity index (χ2v) is 24.3. The van der Waals surface area contributed by atoms with Crippen LogP contribution in [-0.4, -0.2) is 179 Å². The number of fused-ring (bicyclic) bond motifs is 5. The zero-order valence-electron chi connectivity index (χ0n) is 46.6. The van der Waals surface area contributed by atoms with Gasteiger partial charge in [0.15, 0.2) is 12.6 Å². The zero-order chi connectivity index (χ0) is 56.3. The molecule has 81 heavy (non-hydrogen) atoms. The minimum absolute atomic E-state index is 0.0187. The molecule has 12 rings (SSSR count). The number of aliphatic hydroxyl groups excluding tert-OH is 1. The lowest BCUT2D eigenvalue weighted by Crippen LogP contribution is -2.58. The fourth-order valence-corrected chi connectivity index (χ4v) is 13.1. The van der Waals surface area contributed by atoms with Gasteiger partial charge in [-0.05, 0) is 139 Å². The molecule has 3 unspecified atom stereocenters. The number of terminal acetylenes is 1. The van der Waals surface area contributed by atoms with Crippen LogP contribution in [0.25, 0.3) is 32.9 Å². The molecule has 3 aromatic carbocycles. The van der Waals surface area contributed by atoms with E-state index in [9.17, 15) is 24.3 Å². The van der Waals surface area contributed by atoms with Crippen molar-refractivity contribution in [2.45, 2.75) is 109 Å². The SMILES string of the molecule is C#Cc1cccc2cc(OCOC)cc(-c3ncc4c(N5CC6CC(O)C(C5)N6C(=O)OC(C)(C)C)nc(OCC5(CN6CCC(CCN7CCN(c8ccc9c(c8)CN([C@H]8CCC(=O)NC8=O)C9=O)CC7)CC6)CC5)nc4c3F)c12. The van der Waals surface area contributed by atoms with Gasteiger partial charge >= 0.3 is 12.1 Å². The zero-order valence-corrected chi connectivity index (χ0v) is 46.6. The number of hydrogen-bond acceptors (Lipinski definition) is 16. The van der Waals surface area contributed by atoms with E-state index in [1.54, 1.807) is 28.1 Å². The Kier molecular flexibility index (Phi) is 14.7. The highest BCUT2D eigenvalue weighted by molar-refractivity contribution is 6.06. The number of hydrogen-bond donors (Lipinski definition) is 2. The minimum atomic E-state index is -0.797. The van der Waals surface area contributed by atoms with Crippen LogP contribution in [0.4, 0.5) is 20.7 Å². The number of carbonyl (C=O) groups is 4. The molecule has 6 fully saturated rings. The van der Waals surface area contributed by atoms with Crippen LogP contribution >= 0.6 is 0 Å². The van der Waals surface area contributed by atoms with E-state index in [4.69, 9.17) is 40.3 Å². The first-order valence-electron chi connectivity index (χ1n) is 28.6. The predicted molar refractivity (Wildman–Crippen MR) is 301 cm³/mol. The van der Waals surface area contributed by atoms with E-state index in [2.05, 4.69) is 32.0 Å². The molecule has 1 aliphatic carbocycles. The Morgan fingerprint density at radius 1 is 0.938 bits per heavy atom. The number of methoxy groups -OCH3 is 1. The standard InChI is InChI=1S/C61H71FN10O9/c1-6-38-8-7-9-39-27-43(80-36-78-5)29-45(51(38)39)53-52(62)54-46(30-63-53)55(70-32-42-28-49(73)48(33-70)72(42)59(77)81-60(2,3)4)66-58(65-54)79-35-61(17-18-61)34-68-20-15-37(16-21-68)14-19-67-22-24-69(25-23-67)41-10-11-44-40(26-41)31-71(57(44)76)47-12-13-50(74)64-56(47)75/h1,7-11,26-27,29-30,37,42,47-49,73H,12-25,28,31-36H2,2-5H3,(H,64,74,75)/t42?,47-,48?,49?/m0/s1. The first-order chi connectivity index (χ1) is 39.0. The summed E-state index contributed by atoms with van der Waals surface area (Å²) >= 11 is 0. The third kappa shape index (κ3) is 11.0. The molecule has 2 aromatic heterocycles. The van der Waals surface area contributed by atoms with Gasteiger partial charge in [0.05, 0.1) is 30.2 Å². The first-order valence-corrected chi connectivity index (χ1v) is 28.6. The summed E-state index contributed by atoms with van der Waals surface area (Å²) in [5.74, 6) is 2.73. The van der Waals surface area contributed by atoms with Crippen molar-refractivity contribution in [3.8, 4) is 35.4 Å². The number of piperazine rings is 2. The number of pyridine rings is 1. The number of benzene rings is 3. The van der Waals surface area contributed by atoms with Crippen LogP contribution in [0.2, 0.25) is 0 Å². The summed E-state index contributed by atoms with van der Waals surface area (Å²) in [5.41, 5.74) is 2.87. The van der Waals surface area contributed by atoms with Crippen LogP contribution < -0.4 is 24.6 Å².